The van der Waals surface area contributed by atoms with Crippen LogP contribution in [0.4, 0.5) is 10.1 Å². The molecule has 0 aliphatic carbocycles. The van der Waals surface area contributed by atoms with E-state index >= 15 is 0 Å². The van der Waals surface area contributed by atoms with E-state index in [0.717, 1.165) is 33.1 Å². The van der Waals surface area contributed by atoms with E-state index in [1.807, 2.05) is 61.5 Å². The minimum atomic E-state index is -4.30. The second-order valence-electron chi connectivity index (χ2n) is 9.69. The molecule has 0 unspecified atom stereocenters. The van der Waals surface area contributed by atoms with Gasteiger partial charge < -0.3 is 10.2 Å². The number of anilines is 1. The fourth-order valence-corrected chi connectivity index (χ4v) is 6.18. The zero-order valence-electron chi connectivity index (χ0n) is 23.2. The molecule has 0 aliphatic heterocycles. The van der Waals surface area contributed by atoms with Gasteiger partial charge in [0.25, 0.3) is 10.0 Å². The number of carbonyl (C=O) groups excluding carboxylic acids is 2. The highest BCUT2D eigenvalue weighted by atomic mass is 35.5. The number of sulfonamides is 1. The van der Waals surface area contributed by atoms with Gasteiger partial charge in [-0.05, 0) is 53.9 Å². The predicted molar refractivity (Wildman–Crippen MR) is 162 cm³/mol. The molecule has 7 nitrogen and oxygen atoms in total. The van der Waals surface area contributed by atoms with Crippen molar-refractivity contribution in [3.63, 3.8) is 0 Å². The summed E-state index contributed by atoms with van der Waals surface area (Å²) in [5, 5.41) is 2.36. The van der Waals surface area contributed by atoms with Crippen LogP contribution in [0.25, 0.3) is 0 Å². The van der Waals surface area contributed by atoms with Crippen molar-refractivity contribution < 1.29 is 22.4 Å². The van der Waals surface area contributed by atoms with Gasteiger partial charge in [0.15, 0.2) is 0 Å². The van der Waals surface area contributed by atoms with Gasteiger partial charge in [-0.3, -0.25) is 13.9 Å². The van der Waals surface area contributed by atoms with Crippen molar-refractivity contribution in [3.05, 3.63) is 131 Å². The van der Waals surface area contributed by atoms with Crippen molar-refractivity contribution in [1.29, 1.82) is 0 Å². The summed E-state index contributed by atoms with van der Waals surface area (Å²) in [4.78, 5) is 28.9. The summed E-state index contributed by atoms with van der Waals surface area (Å²) in [6, 6.07) is 26.9. The van der Waals surface area contributed by atoms with Crippen molar-refractivity contribution in [2.45, 2.75) is 30.8 Å². The SMILES string of the molecule is CNC(=O)[C@H](Cc1ccccc1)N(Cc1ccccc1C)C(=O)CN(c1ccc(F)c(Cl)c1)S(=O)(=O)c1ccccc1. The van der Waals surface area contributed by atoms with Crippen molar-refractivity contribution in [2.75, 3.05) is 17.9 Å². The third-order valence-corrected chi connectivity index (χ3v) is 9.00. The van der Waals surface area contributed by atoms with Crippen LogP contribution in [0, 0.1) is 12.7 Å². The number of rotatable bonds is 11. The number of likely N-dealkylation sites (N-methyl/N-ethyl adjacent to an activating group) is 1. The molecule has 0 saturated carbocycles. The Morgan fingerprint density at radius 2 is 1.52 bits per heavy atom. The van der Waals surface area contributed by atoms with Gasteiger partial charge in [-0.25, -0.2) is 12.8 Å². The second kappa shape index (κ2) is 13.6. The number of carbonyl (C=O) groups is 2. The molecule has 0 bridgehead atoms. The highest BCUT2D eigenvalue weighted by molar-refractivity contribution is 7.92. The number of benzene rings is 4. The summed E-state index contributed by atoms with van der Waals surface area (Å²) >= 11 is 6.03. The van der Waals surface area contributed by atoms with E-state index in [0.29, 0.717) is 0 Å². The van der Waals surface area contributed by atoms with Crippen LogP contribution in [0.2, 0.25) is 5.02 Å². The van der Waals surface area contributed by atoms with Crippen LogP contribution in [0.15, 0.2) is 108 Å². The van der Waals surface area contributed by atoms with Gasteiger partial charge in [0, 0.05) is 20.0 Å². The molecule has 0 aliphatic rings. The molecule has 0 heterocycles. The lowest BCUT2D eigenvalue weighted by Crippen LogP contribution is -2.53. The van der Waals surface area contributed by atoms with Gasteiger partial charge in [0.1, 0.15) is 18.4 Å². The van der Waals surface area contributed by atoms with Gasteiger partial charge in [0.05, 0.1) is 15.6 Å². The minimum Gasteiger partial charge on any atom is -0.357 e. The molecule has 0 saturated heterocycles. The molecule has 0 aromatic heterocycles. The molecule has 1 N–H and O–H groups in total. The maximum Gasteiger partial charge on any atom is 0.264 e. The molecule has 0 fully saturated rings. The predicted octanol–water partition coefficient (Wildman–Crippen LogP) is 5.37. The largest absolute Gasteiger partial charge is 0.357 e. The summed E-state index contributed by atoms with van der Waals surface area (Å²) in [7, 11) is -2.81. The van der Waals surface area contributed by atoms with Crippen LogP contribution < -0.4 is 9.62 Å². The number of amides is 2. The monoisotopic (exact) mass is 607 g/mol. The molecule has 4 aromatic rings. The van der Waals surface area contributed by atoms with Gasteiger partial charge in [-0.15, -0.1) is 0 Å². The summed E-state index contributed by atoms with van der Waals surface area (Å²) < 4.78 is 42.7. The maximum absolute atomic E-state index is 14.3. The van der Waals surface area contributed by atoms with E-state index in [1.165, 1.54) is 30.1 Å². The number of nitrogens with one attached hydrogen (secondary N) is 1. The molecule has 218 valence electrons. The third kappa shape index (κ3) is 7.16. The Morgan fingerprint density at radius 3 is 2.14 bits per heavy atom. The molecular weight excluding hydrogens is 577 g/mol. The highest BCUT2D eigenvalue weighted by Gasteiger charge is 2.34. The normalized spacial score (nSPS) is 11.9. The van der Waals surface area contributed by atoms with E-state index in [-0.39, 0.29) is 28.6 Å². The van der Waals surface area contributed by atoms with Gasteiger partial charge in [-0.1, -0.05) is 84.4 Å². The summed E-state index contributed by atoms with van der Waals surface area (Å²) in [6.07, 6.45) is 0.200. The maximum atomic E-state index is 14.3. The van der Waals surface area contributed by atoms with Crippen LogP contribution in [0.5, 0.6) is 0 Å². The van der Waals surface area contributed by atoms with Crippen molar-refractivity contribution in [2.24, 2.45) is 0 Å². The highest BCUT2D eigenvalue weighted by Crippen LogP contribution is 2.28. The van der Waals surface area contributed by atoms with E-state index in [4.69, 9.17) is 11.6 Å². The summed E-state index contributed by atoms with van der Waals surface area (Å²) in [5.74, 6) is -1.75. The number of halogens is 2. The second-order valence-corrected chi connectivity index (χ2v) is 12.0. The van der Waals surface area contributed by atoms with Gasteiger partial charge >= 0.3 is 0 Å². The first-order chi connectivity index (χ1) is 20.1. The average Bonchev–Trinajstić information content (AvgIpc) is 3.00. The van der Waals surface area contributed by atoms with Crippen LogP contribution in [-0.2, 0) is 32.6 Å². The first-order valence-electron chi connectivity index (χ1n) is 13.2. The van der Waals surface area contributed by atoms with Gasteiger partial charge in [-0.2, -0.15) is 0 Å². The van der Waals surface area contributed by atoms with Crippen LogP contribution in [0.3, 0.4) is 0 Å². The Kier molecular flexibility index (Phi) is 9.98. The quantitative estimate of drug-likeness (QED) is 0.248. The molecule has 0 radical (unpaired) electrons. The molecule has 42 heavy (non-hydrogen) atoms. The zero-order valence-corrected chi connectivity index (χ0v) is 24.8. The molecule has 10 heteroatoms. The lowest BCUT2D eigenvalue weighted by molar-refractivity contribution is -0.139. The lowest BCUT2D eigenvalue weighted by atomic mass is 10.0. The fourth-order valence-electron chi connectivity index (χ4n) is 4.58. The topological polar surface area (TPSA) is 86.8 Å². The van der Waals surface area contributed by atoms with E-state index < -0.39 is 40.2 Å². The molecular formula is C32H31ClFN3O4S. The fraction of sp³-hybridized carbons (Fsp3) is 0.188. The van der Waals surface area contributed by atoms with E-state index in [9.17, 15) is 22.4 Å². The number of hydrogen-bond acceptors (Lipinski definition) is 4. The summed E-state index contributed by atoms with van der Waals surface area (Å²) in [5.41, 5.74) is 2.54. The molecule has 1 atom stereocenters. The zero-order chi connectivity index (χ0) is 30.3. The molecule has 0 spiro atoms. The van der Waals surface area contributed by atoms with E-state index in [2.05, 4.69) is 5.32 Å². The first kappa shape index (κ1) is 30.7. The average molecular weight is 608 g/mol. The Labute approximate surface area is 250 Å². The van der Waals surface area contributed by atoms with Crippen LogP contribution >= 0.6 is 11.6 Å². The first-order valence-corrected chi connectivity index (χ1v) is 15.1. The van der Waals surface area contributed by atoms with E-state index in [1.54, 1.807) is 18.2 Å². The van der Waals surface area contributed by atoms with Gasteiger partial charge in [0.2, 0.25) is 11.8 Å². The Balaban J connectivity index is 1.81. The standard InChI is InChI=1S/C32H31ClFN3O4S/c1-23-11-9-10-14-25(23)21-36(30(32(39)35-2)19-24-12-5-3-6-13-24)31(38)22-37(26-17-18-29(34)28(33)20-26)42(40,41)27-15-7-4-8-16-27/h3-18,20,30H,19,21-22H2,1-2H3,(H,35,39)/t30-/m0/s1. The van der Waals surface area contributed by atoms with Crippen LogP contribution in [0.1, 0.15) is 16.7 Å². The molecule has 4 aromatic carbocycles. The smallest absolute Gasteiger partial charge is 0.264 e. The van der Waals surface area contributed by atoms with Crippen molar-refractivity contribution in [1.82, 2.24) is 10.2 Å². The lowest BCUT2D eigenvalue weighted by Gasteiger charge is -2.34. The Bertz CT molecular complexity index is 1650. The van der Waals surface area contributed by atoms with Crippen LogP contribution in [-0.4, -0.2) is 44.8 Å². The summed E-state index contributed by atoms with van der Waals surface area (Å²) in [6.45, 7) is 1.30. The number of aryl methyl sites for hydroxylation is 1. The van der Waals surface area contributed by atoms with Crippen molar-refractivity contribution >= 4 is 39.1 Å². The molecule has 2 amide bonds. The molecule has 4 rings (SSSR count). The number of nitrogens with zero attached hydrogens (tertiary/aromatic N) is 2. The number of hydrogen-bond donors (Lipinski definition) is 1. The Hall–Kier alpha value is -4.21. The third-order valence-electron chi connectivity index (χ3n) is 6.92. The van der Waals surface area contributed by atoms with Crippen molar-refractivity contribution in [3.8, 4) is 0 Å². The minimum absolute atomic E-state index is 0.00833. The Morgan fingerprint density at radius 1 is 0.905 bits per heavy atom.